The molecule has 0 saturated carbocycles. The zero-order chi connectivity index (χ0) is 15.6. The molecule has 1 aromatic carbocycles. The van der Waals surface area contributed by atoms with Gasteiger partial charge in [-0.25, -0.2) is 8.78 Å². The van der Waals surface area contributed by atoms with Crippen LogP contribution in [0.25, 0.3) is 0 Å². The van der Waals surface area contributed by atoms with Gasteiger partial charge in [0.15, 0.2) is 5.16 Å². The molecule has 1 heterocycles. The Morgan fingerprint density at radius 1 is 1.43 bits per heavy atom. The highest BCUT2D eigenvalue weighted by Gasteiger charge is 2.14. The maximum absolute atomic E-state index is 13.6. The minimum absolute atomic E-state index is 0.165. The van der Waals surface area contributed by atoms with Crippen molar-refractivity contribution in [2.75, 3.05) is 5.75 Å². The summed E-state index contributed by atoms with van der Waals surface area (Å²) in [5.74, 6) is -1.21. The Balaban J connectivity index is 2.14. The second kappa shape index (κ2) is 6.19. The number of nitrogens with two attached hydrogens (primary N) is 1. The van der Waals surface area contributed by atoms with E-state index in [4.69, 9.17) is 5.73 Å². The highest BCUT2D eigenvalue weighted by atomic mass is 32.2. The first kappa shape index (κ1) is 15.4. The maximum Gasteiger partial charge on any atom is 0.339 e. The van der Waals surface area contributed by atoms with Gasteiger partial charge in [0.2, 0.25) is 0 Å². The molecule has 0 aliphatic carbocycles. The van der Waals surface area contributed by atoms with Crippen LogP contribution >= 0.6 is 11.8 Å². The van der Waals surface area contributed by atoms with Crippen molar-refractivity contribution < 1.29 is 8.78 Å². The Kier molecular flexibility index (Phi) is 4.53. The Bertz CT molecular complexity index is 775. The van der Waals surface area contributed by atoms with Gasteiger partial charge in [-0.05, 0) is 6.07 Å². The lowest BCUT2D eigenvalue weighted by atomic mass is 10.1. The van der Waals surface area contributed by atoms with Gasteiger partial charge < -0.3 is 5.73 Å². The zero-order valence-corrected chi connectivity index (χ0v) is 11.8. The van der Waals surface area contributed by atoms with Gasteiger partial charge >= 0.3 is 11.1 Å². The van der Waals surface area contributed by atoms with Crippen molar-refractivity contribution in [3.05, 3.63) is 56.1 Å². The Morgan fingerprint density at radius 2 is 2.14 bits per heavy atom. The summed E-state index contributed by atoms with van der Waals surface area (Å²) < 4.78 is 27.7. The fourth-order valence-corrected chi connectivity index (χ4v) is 2.54. The minimum atomic E-state index is -0.905. The SMILES string of the molecule is Cn1[nH]c(=O)c(=O)nc1SCC(N)c1ccc(F)cc1F. The van der Waals surface area contributed by atoms with Gasteiger partial charge in [0.25, 0.3) is 0 Å². The van der Waals surface area contributed by atoms with Crippen LogP contribution in [-0.4, -0.2) is 20.5 Å². The van der Waals surface area contributed by atoms with E-state index in [1.165, 1.54) is 17.8 Å². The van der Waals surface area contributed by atoms with Crippen LogP contribution in [0.3, 0.4) is 0 Å². The molecule has 0 aliphatic heterocycles. The number of nitrogens with one attached hydrogen (secondary N) is 1. The van der Waals surface area contributed by atoms with E-state index >= 15 is 0 Å². The highest BCUT2D eigenvalue weighted by molar-refractivity contribution is 7.99. The summed E-state index contributed by atoms with van der Waals surface area (Å²) in [7, 11) is 1.51. The van der Waals surface area contributed by atoms with Gasteiger partial charge in [0, 0.05) is 30.5 Å². The lowest BCUT2D eigenvalue weighted by molar-refractivity contribution is 0.562. The molecule has 0 fully saturated rings. The smallest absolute Gasteiger partial charge is 0.323 e. The normalized spacial score (nSPS) is 12.4. The average Bonchev–Trinajstić information content (AvgIpc) is 2.41. The quantitative estimate of drug-likeness (QED) is 0.634. The second-order valence-corrected chi connectivity index (χ2v) is 5.27. The number of nitrogens with zero attached hydrogens (tertiary/aromatic N) is 2. The zero-order valence-electron chi connectivity index (χ0n) is 11.0. The molecule has 0 spiro atoms. The highest BCUT2D eigenvalue weighted by Crippen LogP contribution is 2.22. The summed E-state index contributed by atoms with van der Waals surface area (Å²) in [5.41, 5.74) is 4.28. The van der Waals surface area contributed by atoms with Crippen LogP contribution in [0.15, 0.2) is 32.9 Å². The number of halogens is 2. The largest absolute Gasteiger partial charge is 0.339 e. The summed E-state index contributed by atoms with van der Waals surface area (Å²) in [4.78, 5) is 25.8. The lowest BCUT2D eigenvalue weighted by Crippen LogP contribution is -2.34. The van der Waals surface area contributed by atoms with E-state index < -0.39 is 28.8 Å². The number of rotatable bonds is 4. The van der Waals surface area contributed by atoms with Crippen LogP contribution in [0.4, 0.5) is 8.78 Å². The van der Waals surface area contributed by atoms with E-state index in [-0.39, 0.29) is 16.5 Å². The van der Waals surface area contributed by atoms with Crippen LogP contribution < -0.4 is 16.9 Å². The van der Waals surface area contributed by atoms with Gasteiger partial charge in [-0.2, -0.15) is 4.98 Å². The minimum Gasteiger partial charge on any atom is -0.323 e. The van der Waals surface area contributed by atoms with Crippen LogP contribution in [0.1, 0.15) is 11.6 Å². The fraction of sp³-hybridized carbons (Fsp3) is 0.250. The van der Waals surface area contributed by atoms with Gasteiger partial charge in [0.1, 0.15) is 11.6 Å². The van der Waals surface area contributed by atoms with Gasteiger partial charge in [-0.1, -0.05) is 17.8 Å². The molecule has 1 aromatic heterocycles. The molecular formula is C12H12F2N4O2S. The topological polar surface area (TPSA) is 93.8 Å². The van der Waals surface area contributed by atoms with E-state index in [9.17, 15) is 18.4 Å². The molecule has 1 atom stereocenters. The van der Waals surface area contributed by atoms with Crippen molar-refractivity contribution in [1.29, 1.82) is 0 Å². The standard InChI is InChI=1S/C12H12F2N4O2S/c1-18-12(16-10(19)11(20)17-18)21-5-9(15)7-3-2-6(13)4-8(7)14/h2-4,9H,5,15H2,1H3,(H,17,20). The number of aromatic amines is 1. The number of H-pyrrole nitrogens is 1. The molecule has 0 aliphatic rings. The molecule has 9 heteroatoms. The van der Waals surface area contributed by atoms with Crippen LogP contribution in [0, 0.1) is 11.6 Å². The first-order chi connectivity index (χ1) is 9.88. The number of thioether (sulfide) groups is 1. The average molecular weight is 314 g/mol. The third-order valence-corrected chi connectivity index (χ3v) is 3.85. The Hall–Kier alpha value is -2.00. The van der Waals surface area contributed by atoms with E-state index in [0.29, 0.717) is 0 Å². The second-order valence-electron chi connectivity index (χ2n) is 4.28. The number of benzene rings is 1. The van der Waals surface area contributed by atoms with Crippen LogP contribution in [0.2, 0.25) is 0 Å². The Morgan fingerprint density at radius 3 is 2.81 bits per heavy atom. The third kappa shape index (κ3) is 3.56. The summed E-state index contributed by atoms with van der Waals surface area (Å²) >= 11 is 1.08. The van der Waals surface area contributed by atoms with Crippen molar-refractivity contribution in [1.82, 2.24) is 14.8 Å². The van der Waals surface area contributed by atoms with E-state index in [1.807, 2.05) is 0 Å². The molecule has 2 aromatic rings. The molecular weight excluding hydrogens is 302 g/mol. The fourth-order valence-electron chi connectivity index (χ4n) is 1.65. The lowest BCUT2D eigenvalue weighted by Gasteiger charge is -2.13. The molecule has 3 N–H and O–H groups in total. The molecule has 2 rings (SSSR count). The predicted molar refractivity (Wildman–Crippen MR) is 74.1 cm³/mol. The van der Waals surface area contributed by atoms with Gasteiger partial charge in [0.05, 0.1) is 0 Å². The first-order valence-electron chi connectivity index (χ1n) is 5.89. The van der Waals surface area contributed by atoms with Crippen molar-refractivity contribution in [3.63, 3.8) is 0 Å². The molecule has 21 heavy (non-hydrogen) atoms. The van der Waals surface area contributed by atoms with Gasteiger partial charge in [-0.15, -0.1) is 0 Å². The van der Waals surface area contributed by atoms with Crippen molar-refractivity contribution in [2.45, 2.75) is 11.2 Å². The monoisotopic (exact) mass is 314 g/mol. The molecule has 0 saturated heterocycles. The van der Waals surface area contributed by atoms with Crippen molar-refractivity contribution in [3.8, 4) is 0 Å². The van der Waals surface area contributed by atoms with E-state index in [2.05, 4.69) is 10.1 Å². The Labute approximate surface area is 122 Å². The predicted octanol–water partition coefficient (Wildman–Crippen LogP) is 0.539. The maximum atomic E-state index is 13.6. The summed E-state index contributed by atoms with van der Waals surface area (Å²) in [6.45, 7) is 0. The van der Waals surface area contributed by atoms with Crippen molar-refractivity contribution >= 4 is 11.8 Å². The summed E-state index contributed by atoms with van der Waals surface area (Å²) in [6.07, 6.45) is 0. The number of hydrogen-bond acceptors (Lipinski definition) is 5. The molecule has 1 unspecified atom stereocenters. The van der Waals surface area contributed by atoms with Crippen LogP contribution in [0.5, 0.6) is 0 Å². The van der Waals surface area contributed by atoms with Crippen molar-refractivity contribution in [2.24, 2.45) is 12.8 Å². The number of aromatic nitrogens is 3. The summed E-state index contributed by atoms with van der Waals surface area (Å²) in [6, 6.07) is 2.44. The molecule has 0 radical (unpaired) electrons. The van der Waals surface area contributed by atoms with Gasteiger partial charge in [-0.3, -0.25) is 19.4 Å². The third-order valence-electron chi connectivity index (χ3n) is 2.70. The molecule has 6 nitrogen and oxygen atoms in total. The summed E-state index contributed by atoms with van der Waals surface area (Å²) in [5, 5.41) is 2.54. The van der Waals surface area contributed by atoms with E-state index in [0.717, 1.165) is 23.9 Å². The number of hydrogen-bond donors (Lipinski definition) is 2. The first-order valence-corrected chi connectivity index (χ1v) is 6.87. The van der Waals surface area contributed by atoms with Crippen LogP contribution in [-0.2, 0) is 7.05 Å². The van der Waals surface area contributed by atoms with E-state index in [1.54, 1.807) is 0 Å². The number of aryl methyl sites for hydroxylation is 1. The molecule has 112 valence electrons. The molecule has 0 amide bonds. The molecule has 0 bridgehead atoms.